The molecule has 0 spiro atoms. The zero-order chi connectivity index (χ0) is 5.98. The van der Waals surface area contributed by atoms with Crippen LogP contribution in [0.3, 0.4) is 0 Å². The number of hydrogen-bond acceptors (Lipinski definition) is 2. The Morgan fingerprint density at radius 1 is 1.88 bits per heavy atom. The van der Waals surface area contributed by atoms with Crippen LogP contribution in [-0.2, 0) is 6.42 Å². The van der Waals surface area contributed by atoms with Crippen molar-refractivity contribution < 1.29 is 4.42 Å². The van der Waals surface area contributed by atoms with Crippen molar-refractivity contribution in [3.63, 3.8) is 0 Å². The number of aryl methyl sites for hydroxylation is 1. The molecule has 0 aliphatic heterocycles. The first-order valence-electron chi connectivity index (χ1n) is 2.43. The first-order valence-corrected chi connectivity index (χ1v) is 2.81. The Bertz CT molecular complexity index is 173. The molecule has 0 aliphatic rings. The molecule has 0 aliphatic carbocycles. The molecule has 0 N–H and O–H groups in total. The van der Waals surface area contributed by atoms with Gasteiger partial charge < -0.3 is 4.42 Å². The van der Waals surface area contributed by atoms with Gasteiger partial charge in [0.25, 0.3) is 5.35 Å². The van der Waals surface area contributed by atoms with Gasteiger partial charge in [0.05, 0.1) is 6.20 Å². The maximum atomic E-state index is 5.36. The fourth-order valence-electron chi connectivity index (χ4n) is 0.447. The van der Waals surface area contributed by atoms with E-state index in [4.69, 9.17) is 16.0 Å². The molecule has 44 valence electrons. The van der Waals surface area contributed by atoms with Gasteiger partial charge in [-0.3, -0.25) is 0 Å². The summed E-state index contributed by atoms with van der Waals surface area (Å²) in [7, 11) is 0. The summed E-state index contributed by atoms with van der Waals surface area (Å²) in [5, 5.41) is 0.224. The van der Waals surface area contributed by atoms with E-state index in [1.165, 1.54) is 0 Å². The monoisotopic (exact) mass is 131 g/mol. The normalized spacial score (nSPS) is 9.75. The van der Waals surface area contributed by atoms with E-state index in [1.54, 1.807) is 6.20 Å². The van der Waals surface area contributed by atoms with Gasteiger partial charge in [-0.2, -0.15) is 0 Å². The molecule has 0 atom stereocenters. The van der Waals surface area contributed by atoms with Gasteiger partial charge in [-0.25, -0.2) is 4.98 Å². The number of oxazole rings is 1. The number of halogens is 1. The Kier molecular flexibility index (Phi) is 1.53. The summed E-state index contributed by atoms with van der Waals surface area (Å²) in [4.78, 5) is 3.69. The minimum absolute atomic E-state index is 0.224. The van der Waals surface area contributed by atoms with E-state index in [9.17, 15) is 0 Å². The molecular weight excluding hydrogens is 126 g/mol. The van der Waals surface area contributed by atoms with E-state index < -0.39 is 0 Å². The minimum Gasteiger partial charge on any atom is -0.433 e. The number of nitrogens with zero attached hydrogens (tertiary/aromatic N) is 1. The van der Waals surface area contributed by atoms with Crippen LogP contribution < -0.4 is 0 Å². The Labute approximate surface area is 52.5 Å². The molecule has 0 unspecified atom stereocenters. The van der Waals surface area contributed by atoms with E-state index in [1.807, 2.05) is 6.92 Å². The molecule has 0 amide bonds. The molecule has 3 heteroatoms. The third kappa shape index (κ3) is 1.01. The lowest BCUT2D eigenvalue weighted by atomic mass is 10.4. The molecule has 0 saturated carbocycles. The van der Waals surface area contributed by atoms with Crippen LogP contribution in [0.2, 0.25) is 5.35 Å². The van der Waals surface area contributed by atoms with Gasteiger partial charge in [-0.05, 0) is 11.6 Å². The molecule has 1 aromatic heterocycles. The Morgan fingerprint density at radius 3 is 2.88 bits per heavy atom. The van der Waals surface area contributed by atoms with E-state index in [0.717, 1.165) is 12.2 Å². The van der Waals surface area contributed by atoms with Gasteiger partial charge in [0.15, 0.2) is 0 Å². The Balaban J connectivity index is 2.84. The maximum Gasteiger partial charge on any atom is 0.292 e. The van der Waals surface area contributed by atoms with E-state index in [-0.39, 0.29) is 5.35 Å². The highest BCUT2D eigenvalue weighted by molar-refractivity contribution is 6.27. The predicted molar refractivity (Wildman–Crippen MR) is 30.9 cm³/mol. The van der Waals surface area contributed by atoms with Crippen molar-refractivity contribution in [1.29, 1.82) is 0 Å². The summed E-state index contributed by atoms with van der Waals surface area (Å²) < 4.78 is 4.89. The average Bonchev–Trinajstić information content (AvgIpc) is 2.14. The molecule has 0 fully saturated rings. The largest absolute Gasteiger partial charge is 0.433 e. The van der Waals surface area contributed by atoms with Crippen molar-refractivity contribution in [2.45, 2.75) is 13.3 Å². The number of hydrogen-bond donors (Lipinski definition) is 0. The molecule has 0 saturated heterocycles. The third-order valence-electron chi connectivity index (χ3n) is 0.874. The van der Waals surface area contributed by atoms with Crippen molar-refractivity contribution in [1.82, 2.24) is 4.98 Å². The first kappa shape index (κ1) is 5.63. The van der Waals surface area contributed by atoms with E-state index in [0.29, 0.717) is 0 Å². The van der Waals surface area contributed by atoms with Crippen LogP contribution >= 0.6 is 11.6 Å². The van der Waals surface area contributed by atoms with Gasteiger partial charge in [0, 0.05) is 6.42 Å². The molecule has 1 heterocycles. The molecule has 1 aromatic rings. The lowest BCUT2D eigenvalue weighted by Crippen LogP contribution is -1.67. The third-order valence-corrected chi connectivity index (χ3v) is 1.05. The smallest absolute Gasteiger partial charge is 0.292 e. The SMILES string of the molecule is CCc1cnc(Cl)o1. The van der Waals surface area contributed by atoms with Crippen LogP contribution in [0.5, 0.6) is 0 Å². The molecule has 8 heavy (non-hydrogen) atoms. The summed E-state index contributed by atoms with van der Waals surface area (Å²) >= 11 is 5.36. The lowest BCUT2D eigenvalue weighted by Gasteiger charge is -1.79. The second kappa shape index (κ2) is 2.18. The summed E-state index contributed by atoms with van der Waals surface area (Å²) in [6.45, 7) is 1.98. The predicted octanol–water partition coefficient (Wildman–Crippen LogP) is 1.89. The molecule has 0 aromatic carbocycles. The van der Waals surface area contributed by atoms with Gasteiger partial charge in [-0.1, -0.05) is 6.92 Å². The van der Waals surface area contributed by atoms with E-state index in [2.05, 4.69) is 4.98 Å². The van der Waals surface area contributed by atoms with Crippen LogP contribution in [0.1, 0.15) is 12.7 Å². The highest BCUT2D eigenvalue weighted by atomic mass is 35.5. The van der Waals surface area contributed by atoms with Crippen LogP contribution in [0, 0.1) is 0 Å². The number of rotatable bonds is 1. The number of aromatic nitrogens is 1. The summed E-state index contributed by atoms with van der Waals surface area (Å²) in [5.41, 5.74) is 0. The van der Waals surface area contributed by atoms with Gasteiger partial charge in [-0.15, -0.1) is 0 Å². The second-order valence-electron chi connectivity index (χ2n) is 1.43. The molecule has 2 nitrogen and oxygen atoms in total. The molecular formula is C5H6ClNO. The summed E-state index contributed by atoms with van der Waals surface area (Å²) in [6.07, 6.45) is 2.47. The van der Waals surface area contributed by atoms with Crippen molar-refractivity contribution in [2.75, 3.05) is 0 Å². The summed E-state index contributed by atoms with van der Waals surface area (Å²) in [6, 6.07) is 0. The Morgan fingerprint density at radius 2 is 2.62 bits per heavy atom. The molecule has 0 bridgehead atoms. The quantitative estimate of drug-likeness (QED) is 0.582. The zero-order valence-electron chi connectivity index (χ0n) is 4.52. The van der Waals surface area contributed by atoms with Crippen LogP contribution in [0.15, 0.2) is 10.6 Å². The Hall–Kier alpha value is -0.500. The van der Waals surface area contributed by atoms with Crippen LogP contribution in [-0.4, -0.2) is 4.98 Å². The van der Waals surface area contributed by atoms with Crippen LogP contribution in [0.4, 0.5) is 0 Å². The topological polar surface area (TPSA) is 26.0 Å². The minimum atomic E-state index is 0.224. The van der Waals surface area contributed by atoms with Gasteiger partial charge >= 0.3 is 0 Å². The fourth-order valence-corrected chi connectivity index (χ4v) is 0.595. The average molecular weight is 132 g/mol. The van der Waals surface area contributed by atoms with Crippen molar-refractivity contribution in [3.05, 3.63) is 17.3 Å². The van der Waals surface area contributed by atoms with Crippen molar-refractivity contribution in [3.8, 4) is 0 Å². The highest BCUT2D eigenvalue weighted by Crippen LogP contribution is 2.07. The van der Waals surface area contributed by atoms with Gasteiger partial charge in [0.1, 0.15) is 5.76 Å². The standard InChI is InChI=1S/C5H6ClNO/c1-2-4-3-7-5(6)8-4/h3H,2H2,1H3. The van der Waals surface area contributed by atoms with Crippen LogP contribution in [0.25, 0.3) is 0 Å². The van der Waals surface area contributed by atoms with E-state index >= 15 is 0 Å². The first-order chi connectivity index (χ1) is 3.83. The lowest BCUT2D eigenvalue weighted by molar-refractivity contribution is 0.512. The highest BCUT2D eigenvalue weighted by Gasteiger charge is 1.94. The molecule has 1 rings (SSSR count). The fraction of sp³-hybridized carbons (Fsp3) is 0.400. The van der Waals surface area contributed by atoms with Gasteiger partial charge in [0.2, 0.25) is 0 Å². The van der Waals surface area contributed by atoms with Crippen molar-refractivity contribution >= 4 is 11.6 Å². The summed E-state index contributed by atoms with van der Waals surface area (Å²) in [5.74, 6) is 0.829. The zero-order valence-corrected chi connectivity index (χ0v) is 5.27. The second-order valence-corrected chi connectivity index (χ2v) is 1.76. The maximum absolute atomic E-state index is 5.36. The molecule has 0 radical (unpaired) electrons. The van der Waals surface area contributed by atoms with Crippen molar-refractivity contribution in [2.24, 2.45) is 0 Å².